The Morgan fingerprint density at radius 2 is 1.75 bits per heavy atom. The van der Waals surface area contributed by atoms with Crippen molar-refractivity contribution in [2.45, 2.75) is 46.5 Å². The van der Waals surface area contributed by atoms with Gasteiger partial charge in [-0.3, -0.25) is 4.79 Å². The highest BCUT2D eigenvalue weighted by Crippen LogP contribution is 2.60. The lowest BCUT2D eigenvalue weighted by atomic mass is 9.89. The first-order valence-electron chi connectivity index (χ1n) is 9.03. The number of benzene rings is 1. The van der Waals surface area contributed by atoms with Crippen molar-refractivity contribution in [2.24, 2.45) is 17.3 Å². The van der Waals surface area contributed by atoms with Crippen molar-refractivity contribution in [3.8, 4) is 5.75 Å². The van der Waals surface area contributed by atoms with Crippen molar-refractivity contribution in [3.63, 3.8) is 0 Å². The fraction of sp³-hybridized carbons (Fsp3) is 0.571. The fourth-order valence-corrected chi connectivity index (χ4v) is 4.20. The van der Waals surface area contributed by atoms with E-state index in [0.717, 1.165) is 25.9 Å². The molecule has 2 atom stereocenters. The molecule has 2 fully saturated rings. The van der Waals surface area contributed by atoms with Crippen LogP contribution in [0.5, 0.6) is 5.75 Å². The third kappa shape index (κ3) is 3.22. The molecule has 1 aromatic rings. The van der Waals surface area contributed by atoms with E-state index < -0.39 is 0 Å². The summed E-state index contributed by atoms with van der Waals surface area (Å²) in [5.41, 5.74) is 2.67. The minimum absolute atomic E-state index is 0.0994. The second kappa shape index (κ2) is 6.27. The maximum atomic E-state index is 12.9. The number of nitrogens with zero attached hydrogens (tertiary/aromatic N) is 1. The zero-order chi connectivity index (χ0) is 17.5. The van der Waals surface area contributed by atoms with Gasteiger partial charge >= 0.3 is 0 Å². The molecule has 3 rings (SSSR count). The highest BCUT2D eigenvalue weighted by molar-refractivity contribution is 5.84. The van der Waals surface area contributed by atoms with Crippen LogP contribution in [-0.4, -0.2) is 29.0 Å². The van der Waals surface area contributed by atoms with Gasteiger partial charge in [-0.2, -0.15) is 0 Å². The molecule has 0 unspecified atom stereocenters. The molecule has 0 aromatic heterocycles. The molecule has 2 aliphatic rings. The summed E-state index contributed by atoms with van der Waals surface area (Å²) in [6, 6.07) is 7.52. The summed E-state index contributed by atoms with van der Waals surface area (Å²) in [4.78, 5) is 15.0. The number of amides is 1. The van der Waals surface area contributed by atoms with E-state index in [1.807, 2.05) is 12.1 Å². The lowest BCUT2D eigenvalue weighted by Gasteiger charge is -2.32. The molecule has 0 bridgehead atoms. The standard InChI is InChI=1S/C21H29NO2/c1-14(2)13-18-19(21(18,3)4)20(24)22-11-9-16(10-12-22)15-5-7-17(23)8-6-15/h5-8,13,16,18-19,23H,9-12H2,1-4H3/t18-,19+/m1/s1. The van der Waals surface area contributed by atoms with Gasteiger partial charge in [0.1, 0.15) is 5.75 Å². The first-order valence-corrected chi connectivity index (χ1v) is 9.03. The highest BCUT2D eigenvalue weighted by Gasteiger charge is 2.61. The Labute approximate surface area is 145 Å². The van der Waals surface area contributed by atoms with Crippen molar-refractivity contribution in [2.75, 3.05) is 13.1 Å². The first-order chi connectivity index (χ1) is 11.3. The van der Waals surface area contributed by atoms with E-state index in [2.05, 4.69) is 38.7 Å². The molecule has 1 aliphatic heterocycles. The molecule has 0 spiro atoms. The molecule has 1 saturated heterocycles. The molecule has 1 saturated carbocycles. The van der Waals surface area contributed by atoms with Crippen LogP contribution < -0.4 is 0 Å². The SMILES string of the molecule is CC(C)=C[C@@H]1[C@@H](C(=O)N2CCC(c3ccc(O)cc3)CC2)C1(C)C. The zero-order valence-electron chi connectivity index (χ0n) is 15.2. The van der Waals surface area contributed by atoms with Crippen LogP contribution in [0.25, 0.3) is 0 Å². The van der Waals surface area contributed by atoms with E-state index in [-0.39, 0.29) is 11.3 Å². The van der Waals surface area contributed by atoms with Crippen molar-refractivity contribution < 1.29 is 9.90 Å². The van der Waals surface area contributed by atoms with E-state index in [9.17, 15) is 9.90 Å². The number of carbonyl (C=O) groups is 1. The average molecular weight is 327 g/mol. The Morgan fingerprint density at radius 3 is 2.29 bits per heavy atom. The number of hydrogen-bond acceptors (Lipinski definition) is 2. The largest absolute Gasteiger partial charge is 0.508 e. The smallest absolute Gasteiger partial charge is 0.226 e. The second-order valence-corrected chi connectivity index (χ2v) is 8.26. The Hall–Kier alpha value is -1.77. The monoisotopic (exact) mass is 327 g/mol. The van der Waals surface area contributed by atoms with Gasteiger partial charge in [0.15, 0.2) is 0 Å². The van der Waals surface area contributed by atoms with Crippen molar-refractivity contribution >= 4 is 5.91 Å². The summed E-state index contributed by atoms with van der Waals surface area (Å²) >= 11 is 0. The molecule has 24 heavy (non-hydrogen) atoms. The predicted octanol–water partition coefficient (Wildman–Crippen LogP) is 4.34. The van der Waals surface area contributed by atoms with Crippen molar-refractivity contribution in [1.82, 2.24) is 4.90 Å². The van der Waals surface area contributed by atoms with Gasteiger partial charge in [-0.25, -0.2) is 0 Å². The molecular formula is C21H29NO2. The van der Waals surface area contributed by atoms with E-state index in [4.69, 9.17) is 0 Å². The van der Waals surface area contributed by atoms with Crippen LogP contribution in [0.3, 0.4) is 0 Å². The van der Waals surface area contributed by atoms with Gasteiger partial charge in [-0.05, 0) is 61.6 Å². The van der Waals surface area contributed by atoms with Gasteiger partial charge in [0, 0.05) is 13.1 Å². The number of piperidine rings is 1. The number of rotatable bonds is 3. The minimum Gasteiger partial charge on any atom is -0.508 e. The van der Waals surface area contributed by atoms with Crippen molar-refractivity contribution in [1.29, 1.82) is 0 Å². The Balaban J connectivity index is 1.60. The van der Waals surface area contributed by atoms with Gasteiger partial charge < -0.3 is 10.0 Å². The van der Waals surface area contributed by atoms with Gasteiger partial charge in [0.2, 0.25) is 5.91 Å². The summed E-state index contributed by atoms with van der Waals surface area (Å²) < 4.78 is 0. The number of phenolic OH excluding ortho intramolecular Hbond substituents is 1. The normalized spacial score (nSPS) is 26.1. The minimum atomic E-state index is 0.0994. The van der Waals surface area contributed by atoms with Gasteiger partial charge in [0.25, 0.3) is 0 Å². The molecule has 1 N–H and O–H groups in total. The first kappa shape index (κ1) is 17.1. The predicted molar refractivity (Wildman–Crippen MR) is 96.9 cm³/mol. The van der Waals surface area contributed by atoms with Gasteiger partial charge in [-0.1, -0.05) is 37.6 Å². The Bertz CT molecular complexity index is 632. The topological polar surface area (TPSA) is 40.5 Å². The zero-order valence-corrected chi connectivity index (χ0v) is 15.2. The van der Waals surface area contributed by atoms with Gasteiger partial charge in [0.05, 0.1) is 5.92 Å². The van der Waals surface area contributed by atoms with E-state index in [0.29, 0.717) is 23.5 Å². The average Bonchev–Trinajstić information content (AvgIpc) is 3.07. The number of carbonyl (C=O) groups excluding carboxylic acids is 1. The third-order valence-corrected chi connectivity index (χ3v) is 5.86. The summed E-state index contributed by atoms with van der Waals surface area (Å²) in [5.74, 6) is 1.69. The molecule has 3 nitrogen and oxygen atoms in total. The fourth-order valence-electron chi connectivity index (χ4n) is 4.20. The molecule has 1 aromatic carbocycles. The number of likely N-dealkylation sites (tertiary alicyclic amines) is 1. The maximum absolute atomic E-state index is 12.9. The maximum Gasteiger partial charge on any atom is 0.226 e. The van der Waals surface area contributed by atoms with Crippen LogP contribution >= 0.6 is 0 Å². The van der Waals surface area contributed by atoms with Crippen LogP contribution in [0.4, 0.5) is 0 Å². The Kier molecular flexibility index (Phi) is 4.46. The summed E-state index contributed by atoms with van der Waals surface area (Å²) in [7, 11) is 0. The van der Waals surface area contributed by atoms with Crippen LogP contribution in [0.1, 0.15) is 52.0 Å². The number of hydrogen-bond donors (Lipinski definition) is 1. The number of allylic oxidation sites excluding steroid dienone is 2. The Morgan fingerprint density at radius 1 is 1.17 bits per heavy atom. The molecular weight excluding hydrogens is 298 g/mol. The van der Waals surface area contributed by atoms with Crippen LogP contribution in [0, 0.1) is 17.3 Å². The molecule has 1 heterocycles. The van der Waals surface area contributed by atoms with Gasteiger partial charge in [-0.15, -0.1) is 0 Å². The quantitative estimate of drug-likeness (QED) is 0.839. The number of phenols is 1. The molecule has 0 radical (unpaired) electrons. The van der Waals surface area contributed by atoms with Crippen LogP contribution in [0.2, 0.25) is 0 Å². The lowest BCUT2D eigenvalue weighted by molar-refractivity contribution is -0.134. The summed E-state index contributed by atoms with van der Waals surface area (Å²) in [6.45, 7) is 10.3. The molecule has 1 amide bonds. The van der Waals surface area contributed by atoms with Crippen LogP contribution in [-0.2, 0) is 4.79 Å². The third-order valence-electron chi connectivity index (χ3n) is 5.86. The molecule has 130 valence electrons. The van der Waals surface area contributed by atoms with E-state index >= 15 is 0 Å². The lowest BCUT2D eigenvalue weighted by Crippen LogP contribution is -2.39. The summed E-state index contributed by atoms with van der Waals surface area (Å²) in [6.07, 6.45) is 4.29. The molecule has 3 heteroatoms. The number of aromatic hydroxyl groups is 1. The van der Waals surface area contributed by atoms with Crippen LogP contribution in [0.15, 0.2) is 35.9 Å². The van der Waals surface area contributed by atoms with Crippen molar-refractivity contribution in [3.05, 3.63) is 41.5 Å². The highest BCUT2D eigenvalue weighted by atomic mass is 16.3. The second-order valence-electron chi connectivity index (χ2n) is 8.26. The van der Waals surface area contributed by atoms with E-state index in [1.54, 1.807) is 12.1 Å². The summed E-state index contributed by atoms with van der Waals surface area (Å²) in [5, 5.41) is 9.42. The molecule has 1 aliphatic carbocycles. The van der Waals surface area contributed by atoms with E-state index in [1.165, 1.54) is 11.1 Å².